The van der Waals surface area contributed by atoms with Crippen molar-refractivity contribution in [2.24, 2.45) is 5.41 Å². The maximum atomic E-state index is 12.8. The maximum absolute atomic E-state index is 12.8. The van der Waals surface area contributed by atoms with Crippen LogP contribution in [0.1, 0.15) is 29.6 Å². The van der Waals surface area contributed by atoms with Gasteiger partial charge in [0.05, 0.1) is 5.41 Å². The van der Waals surface area contributed by atoms with Crippen molar-refractivity contribution in [1.82, 2.24) is 15.5 Å². The van der Waals surface area contributed by atoms with Gasteiger partial charge in [-0.05, 0) is 43.5 Å². The minimum atomic E-state index is -0.667. The molecule has 2 aliphatic heterocycles. The molecule has 2 aliphatic rings. The van der Waals surface area contributed by atoms with E-state index < -0.39 is 11.5 Å². The zero-order valence-corrected chi connectivity index (χ0v) is 18.4. The maximum Gasteiger partial charge on any atom is 0.253 e. The van der Waals surface area contributed by atoms with Gasteiger partial charge < -0.3 is 20.4 Å². The Bertz CT molecular complexity index is 966. The van der Waals surface area contributed by atoms with E-state index >= 15 is 0 Å². The lowest BCUT2D eigenvalue weighted by Gasteiger charge is -2.21. The third-order valence-electron chi connectivity index (χ3n) is 6.53. The van der Waals surface area contributed by atoms with E-state index in [1.54, 1.807) is 17.0 Å². The molecule has 0 aliphatic carbocycles. The third kappa shape index (κ3) is 4.61. The molecule has 2 atom stereocenters. The number of amides is 3. The Morgan fingerprint density at radius 1 is 1.12 bits per heavy atom. The molecule has 168 valence electrons. The van der Waals surface area contributed by atoms with Gasteiger partial charge in [0.2, 0.25) is 11.8 Å². The number of anilines is 1. The highest BCUT2D eigenvalue weighted by Crippen LogP contribution is 2.40. The van der Waals surface area contributed by atoms with Crippen LogP contribution in [0.4, 0.5) is 5.69 Å². The van der Waals surface area contributed by atoms with Gasteiger partial charge in [-0.15, -0.1) is 0 Å². The number of likely N-dealkylation sites (tertiary alicyclic amines) is 1. The summed E-state index contributed by atoms with van der Waals surface area (Å²) in [5.74, 6) is -0.332. The Morgan fingerprint density at radius 3 is 2.53 bits per heavy atom. The van der Waals surface area contributed by atoms with Crippen LogP contribution in [-0.4, -0.2) is 61.9 Å². The van der Waals surface area contributed by atoms with Crippen molar-refractivity contribution in [2.75, 3.05) is 38.1 Å². The van der Waals surface area contributed by atoms with Crippen LogP contribution in [0.25, 0.3) is 0 Å². The molecule has 0 aromatic heterocycles. The summed E-state index contributed by atoms with van der Waals surface area (Å²) in [7, 11) is 2.03. The van der Waals surface area contributed by atoms with Crippen LogP contribution < -0.4 is 15.5 Å². The van der Waals surface area contributed by atoms with Gasteiger partial charge >= 0.3 is 0 Å². The van der Waals surface area contributed by atoms with Gasteiger partial charge in [-0.25, -0.2) is 0 Å². The van der Waals surface area contributed by atoms with Gasteiger partial charge in [-0.1, -0.05) is 36.4 Å². The number of rotatable bonds is 7. The second-order valence-electron chi connectivity index (χ2n) is 8.75. The van der Waals surface area contributed by atoms with Crippen LogP contribution in [0.2, 0.25) is 0 Å². The first kappa shape index (κ1) is 21.9. The standard InChI is InChI=1S/C25H30N4O3/c1-28(20-11-6-3-7-12-20)15-8-14-26-22(30)21-17-25(24(32)27-21)13-16-29(18-25)23(31)19-9-4-2-5-10-19/h2-7,9-12,21H,8,13-18H2,1H3,(H,26,30)(H,27,32)/t21-,25-/m0/s1. The highest BCUT2D eigenvalue weighted by atomic mass is 16.2. The first-order valence-corrected chi connectivity index (χ1v) is 11.2. The van der Waals surface area contributed by atoms with E-state index in [0.717, 1.165) is 18.7 Å². The molecule has 0 unspecified atom stereocenters. The van der Waals surface area contributed by atoms with Gasteiger partial charge in [0.25, 0.3) is 5.91 Å². The average Bonchev–Trinajstić information content (AvgIpc) is 3.41. The highest BCUT2D eigenvalue weighted by Gasteiger charge is 2.53. The van der Waals surface area contributed by atoms with E-state index in [9.17, 15) is 14.4 Å². The van der Waals surface area contributed by atoms with Crippen molar-refractivity contribution in [2.45, 2.75) is 25.3 Å². The number of para-hydroxylation sites is 1. The average molecular weight is 435 g/mol. The van der Waals surface area contributed by atoms with Crippen molar-refractivity contribution in [3.8, 4) is 0 Å². The van der Waals surface area contributed by atoms with Crippen molar-refractivity contribution in [1.29, 1.82) is 0 Å². The van der Waals surface area contributed by atoms with Gasteiger partial charge in [-0.3, -0.25) is 14.4 Å². The summed E-state index contributed by atoms with van der Waals surface area (Å²) in [5, 5.41) is 5.82. The summed E-state index contributed by atoms with van der Waals surface area (Å²) in [4.78, 5) is 42.1. The van der Waals surface area contributed by atoms with Crippen LogP contribution >= 0.6 is 0 Å². The molecule has 0 bridgehead atoms. The first-order valence-electron chi connectivity index (χ1n) is 11.2. The summed E-state index contributed by atoms with van der Waals surface area (Å²) in [6, 6.07) is 18.7. The molecule has 32 heavy (non-hydrogen) atoms. The summed E-state index contributed by atoms with van der Waals surface area (Å²) in [6.07, 6.45) is 1.82. The molecule has 2 fully saturated rings. The molecule has 2 aromatic rings. The summed E-state index contributed by atoms with van der Waals surface area (Å²) >= 11 is 0. The summed E-state index contributed by atoms with van der Waals surface area (Å²) in [5.41, 5.74) is 1.09. The van der Waals surface area contributed by atoms with Gasteiger partial charge in [0, 0.05) is 44.5 Å². The number of carbonyl (C=O) groups excluding carboxylic acids is 3. The largest absolute Gasteiger partial charge is 0.375 e. The molecule has 2 saturated heterocycles. The number of nitrogens with zero attached hydrogens (tertiary/aromatic N) is 2. The normalized spacial score (nSPS) is 22.1. The fraction of sp³-hybridized carbons (Fsp3) is 0.400. The van der Waals surface area contributed by atoms with Crippen LogP contribution in [0, 0.1) is 5.41 Å². The molecule has 0 saturated carbocycles. The molecule has 2 heterocycles. The second kappa shape index (κ2) is 9.42. The number of hydrogen-bond donors (Lipinski definition) is 2. The van der Waals surface area contributed by atoms with E-state index in [1.165, 1.54) is 0 Å². The number of hydrogen-bond acceptors (Lipinski definition) is 4. The van der Waals surface area contributed by atoms with Crippen molar-refractivity contribution < 1.29 is 14.4 Å². The first-order chi connectivity index (χ1) is 15.5. The van der Waals surface area contributed by atoms with Crippen molar-refractivity contribution >= 4 is 23.4 Å². The SMILES string of the molecule is CN(CCCNC(=O)[C@@H]1C[C@]2(CCN(C(=O)c3ccccc3)C2)C(=O)N1)c1ccccc1. The van der Waals surface area contributed by atoms with E-state index in [0.29, 0.717) is 38.0 Å². The monoisotopic (exact) mass is 434 g/mol. The van der Waals surface area contributed by atoms with Gasteiger partial charge in [0.1, 0.15) is 6.04 Å². The fourth-order valence-electron chi connectivity index (χ4n) is 4.63. The van der Waals surface area contributed by atoms with E-state index in [4.69, 9.17) is 0 Å². The fourth-order valence-corrected chi connectivity index (χ4v) is 4.63. The Kier molecular flexibility index (Phi) is 6.44. The summed E-state index contributed by atoms with van der Waals surface area (Å²) in [6.45, 7) is 2.26. The van der Waals surface area contributed by atoms with Crippen LogP contribution in [0.15, 0.2) is 60.7 Å². The Morgan fingerprint density at radius 2 is 1.81 bits per heavy atom. The molecular formula is C25H30N4O3. The predicted octanol–water partition coefficient (Wildman–Crippen LogP) is 2.05. The lowest BCUT2D eigenvalue weighted by Crippen LogP contribution is -2.42. The van der Waals surface area contributed by atoms with Crippen LogP contribution in [-0.2, 0) is 9.59 Å². The predicted molar refractivity (Wildman–Crippen MR) is 123 cm³/mol. The van der Waals surface area contributed by atoms with Crippen LogP contribution in [0.5, 0.6) is 0 Å². The number of benzene rings is 2. The second-order valence-corrected chi connectivity index (χ2v) is 8.75. The molecule has 2 N–H and O–H groups in total. The van der Waals surface area contributed by atoms with E-state index in [2.05, 4.69) is 27.7 Å². The quantitative estimate of drug-likeness (QED) is 0.654. The van der Waals surface area contributed by atoms with E-state index in [1.807, 2.05) is 43.4 Å². The highest BCUT2D eigenvalue weighted by molar-refractivity contribution is 5.97. The van der Waals surface area contributed by atoms with E-state index in [-0.39, 0.29) is 17.7 Å². The molecule has 0 radical (unpaired) electrons. The lowest BCUT2D eigenvalue weighted by molar-refractivity contribution is -0.128. The third-order valence-corrected chi connectivity index (χ3v) is 6.53. The van der Waals surface area contributed by atoms with Crippen LogP contribution in [0.3, 0.4) is 0 Å². The zero-order valence-electron chi connectivity index (χ0n) is 18.4. The topological polar surface area (TPSA) is 81.8 Å². The van der Waals surface area contributed by atoms with Gasteiger partial charge in [0.15, 0.2) is 0 Å². The lowest BCUT2D eigenvalue weighted by atomic mass is 9.84. The minimum Gasteiger partial charge on any atom is -0.375 e. The zero-order chi connectivity index (χ0) is 22.6. The van der Waals surface area contributed by atoms with Gasteiger partial charge in [-0.2, -0.15) is 0 Å². The molecule has 2 aromatic carbocycles. The summed E-state index contributed by atoms with van der Waals surface area (Å²) < 4.78 is 0. The molecule has 7 nitrogen and oxygen atoms in total. The Balaban J connectivity index is 1.25. The molecule has 4 rings (SSSR count). The van der Waals surface area contributed by atoms with Crippen molar-refractivity contribution in [3.05, 3.63) is 66.2 Å². The molecule has 7 heteroatoms. The van der Waals surface area contributed by atoms with Crippen molar-refractivity contribution in [3.63, 3.8) is 0 Å². The molecular weight excluding hydrogens is 404 g/mol. The minimum absolute atomic E-state index is 0.0642. The smallest absolute Gasteiger partial charge is 0.253 e. The number of carbonyl (C=O) groups is 3. The number of nitrogens with one attached hydrogen (secondary N) is 2. The molecule has 1 spiro atoms. The molecule has 3 amide bonds. The Labute approximate surface area is 188 Å². The Hall–Kier alpha value is -3.35.